The second kappa shape index (κ2) is 6.22. The largest absolute Gasteiger partial charge is 0.346 e. The summed E-state index contributed by atoms with van der Waals surface area (Å²) in [6.07, 6.45) is 2.80. The summed E-state index contributed by atoms with van der Waals surface area (Å²) >= 11 is 0. The van der Waals surface area contributed by atoms with Crippen LogP contribution >= 0.6 is 0 Å². The molecule has 2 unspecified atom stereocenters. The molecule has 0 aromatic carbocycles. The third-order valence-electron chi connectivity index (χ3n) is 2.61. The standard InChI is InChI=1S/C10H19N5O/c1-3-8(5-11)4-9(16)14-7(2)10-12-6-13-15-10/h6-8H,3-5,11H2,1-2H3,(H,14,16)(H,12,13,15). The van der Waals surface area contributed by atoms with Gasteiger partial charge in [-0.15, -0.1) is 0 Å². The monoisotopic (exact) mass is 225 g/mol. The van der Waals surface area contributed by atoms with Gasteiger partial charge >= 0.3 is 0 Å². The minimum absolute atomic E-state index is 0.00111. The molecular formula is C10H19N5O. The van der Waals surface area contributed by atoms with E-state index in [1.54, 1.807) is 0 Å². The topological polar surface area (TPSA) is 96.7 Å². The number of hydrogen-bond donors (Lipinski definition) is 3. The van der Waals surface area contributed by atoms with Crippen molar-refractivity contribution in [3.63, 3.8) is 0 Å². The van der Waals surface area contributed by atoms with Crippen LogP contribution in [0.15, 0.2) is 6.33 Å². The Morgan fingerprint density at radius 3 is 2.94 bits per heavy atom. The average molecular weight is 225 g/mol. The second-order valence-electron chi connectivity index (χ2n) is 3.87. The molecule has 0 aliphatic heterocycles. The Bertz CT molecular complexity index is 307. The molecule has 2 atom stereocenters. The molecule has 1 aromatic heterocycles. The van der Waals surface area contributed by atoms with Crippen molar-refractivity contribution in [2.24, 2.45) is 11.7 Å². The molecule has 1 aromatic rings. The lowest BCUT2D eigenvalue weighted by molar-refractivity contribution is -0.122. The van der Waals surface area contributed by atoms with Crippen LogP contribution in [0.1, 0.15) is 38.6 Å². The molecule has 0 saturated heterocycles. The summed E-state index contributed by atoms with van der Waals surface area (Å²) in [5.41, 5.74) is 5.55. The predicted molar refractivity (Wildman–Crippen MR) is 60.4 cm³/mol. The van der Waals surface area contributed by atoms with Crippen molar-refractivity contribution in [2.45, 2.75) is 32.7 Å². The van der Waals surface area contributed by atoms with Gasteiger partial charge in [0.2, 0.25) is 5.91 Å². The Labute approximate surface area is 95.0 Å². The van der Waals surface area contributed by atoms with Crippen molar-refractivity contribution >= 4 is 5.91 Å². The van der Waals surface area contributed by atoms with Crippen molar-refractivity contribution in [1.82, 2.24) is 20.5 Å². The lowest BCUT2D eigenvalue weighted by Gasteiger charge is -2.14. The molecule has 1 heterocycles. The van der Waals surface area contributed by atoms with E-state index in [0.717, 1.165) is 6.42 Å². The fourth-order valence-electron chi connectivity index (χ4n) is 1.45. The first-order valence-corrected chi connectivity index (χ1v) is 5.52. The zero-order valence-corrected chi connectivity index (χ0v) is 9.73. The zero-order valence-electron chi connectivity index (χ0n) is 9.73. The number of amides is 1. The first kappa shape index (κ1) is 12.6. The maximum Gasteiger partial charge on any atom is 0.220 e. The molecular weight excluding hydrogens is 206 g/mol. The molecule has 6 heteroatoms. The SMILES string of the molecule is CCC(CN)CC(=O)NC(C)c1ncn[nH]1. The van der Waals surface area contributed by atoms with Gasteiger partial charge < -0.3 is 11.1 Å². The highest BCUT2D eigenvalue weighted by molar-refractivity contribution is 5.76. The van der Waals surface area contributed by atoms with E-state index in [9.17, 15) is 4.79 Å². The van der Waals surface area contributed by atoms with Crippen LogP contribution in [0.25, 0.3) is 0 Å². The summed E-state index contributed by atoms with van der Waals surface area (Å²) in [5, 5.41) is 9.31. The summed E-state index contributed by atoms with van der Waals surface area (Å²) in [4.78, 5) is 15.6. The van der Waals surface area contributed by atoms with Crippen molar-refractivity contribution in [1.29, 1.82) is 0 Å². The Morgan fingerprint density at radius 2 is 2.44 bits per heavy atom. The van der Waals surface area contributed by atoms with Gasteiger partial charge in [0.25, 0.3) is 0 Å². The van der Waals surface area contributed by atoms with Gasteiger partial charge in [-0.2, -0.15) is 5.10 Å². The van der Waals surface area contributed by atoms with Crippen LogP contribution in [-0.4, -0.2) is 27.6 Å². The molecule has 0 fully saturated rings. The highest BCUT2D eigenvalue weighted by Crippen LogP contribution is 2.09. The van der Waals surface area contributed by atoms with Gasteiger partial charge in [-0.25, -0.2) is 4.98 Å². The fraction of sp³-hybridized carbons (Fsp3) is 0.700. The quantitative estimate of drug-likeness (QED) is 0.651. The zero-order chi connectivity index (χ0) is 12.0. The summed E-state index contributed by atoms with van der Waals surface area (Å²) in [6.45, 7) is 4.44. The molecule has 16 heavy (non-hydrogen) atoms. The van der Waals surface area contributed by atoms with E-state index in [4.69, 9.17) is 5.73 Å². The summed E-state index contributed by atoms with van der Waals surface area (Å²) in [6, 6.07) is -0.148. The first-order chi connectivity index (χ1) is 7.67. The van der Waals surface area contributed by atoms with Crippen molar-refractivity contribution in [2.75, 3.05) is 6.54 Å². The second-order valence-corrected chi connectivity index (χ2v) is 3.87. The van der Waals surface area contributed by atoms with Crippen LogP contribution in [0.4, 0.5) is 0 Å². The highest BCUT2D eigenvalue weighted by Gasteiger charge is 2.14. The van der Waals surface area contributed by atoms with Crippen molar-refractivity contribution in [3.05, 3.63) is 12.2 Å². The van der Waals surface area contributed by atoms with Gasteiger partial charge in [-0.3, -0.25) is 9.89 Å². The number of H-pyrrole nitrogens is 1. The molecule has 4 N–H and O–H groups in total. The number of carbonyl (C=O) groups excluding carboxylic acids is 1. The van der Waals surface area contributed by atoms with E-state index in [2.05, 4.69) is 20.5 Å². The molecule has 6 nitrogen and oxygen atoms in total. The Morgan fingerprint density at radius 1 is 1.69 bits per heavy atom. The normalized spacial score (nSPS) is 14.4. The molecule has 0 aliphatic carbocycles. The maximum absolute atomic E-state index is 11.6. The summed E-state index contributed by atoms with van der Waals surface area (Å²) in [5.74, 6) is 0.914. The van der Waals surface area contributed by atoms with Crippen molar-refractivity contribution in [3.8, 4) is 0 Å². The number of rotatable bonds is 6. The minimum Gasteiger partial charge on any atom is -0.346 e. The number of aromatic amines is 1. The smallest absolute Gasteiger partial charge is 0.220 e. The molecule has 0 bridgehead atoms. The van der Waals surface area contributed by atoms with Gasteiger partial charge in [-0.05, 0) is 19.4 Å². The van der Waals surface area contributed by atoms with Crippen LogP contribution in [0, 0.1) is 5.92 Å². The van der Waals surface area contributed by atoms with E-state index in [1.807, 2.05) is 13.8 Å². The first-order valence-electron chi connectivity index (χ1n) is 5.52. The van der Waals surface area contributed by atoms with Crippen LogP contribution < -0.4 is 11.1 Å². The van der Waals surface area contributed by atoms with Gasteiger partial charge in [0.15, 0.2) is 0 Å². The van der Waals surface area contributed by atoms with E-state index in [1.165, 1.54) is 6.33 Å². The van der Waals surface area contributed by atoms with Crippen LogP contribution in [0.2, 0.25) is 0 Å². The summed E-state index contributed by atoms with van der Waals surface area (Å²) in [7, 11) is 0. The van der Waals surface area contributed by atoms with Crippen LogP contribution in [0.3, 0.4) is 0 Å². The molecule has 0 aliphatic rings. The van der Waals surface area contributed by atoms with Gasteiger partial charge in [0.05, 0.1) is 6.04 Å². The van der Waals surface area contributed by atoms with E-state index in [-0.39, 0.29) is 17.9 Å². The van der Waals surface area contributed by atoms with Crippen LogP contribution in [0.5, 0.6) is 0 Å². The van der Waals surface area contributed by atoms with E-state index in [0.29, 0.717) is 18.8 Å². The molecule has 0 radical (unpaired) electrons. The predicted octanol–water partition coefficient (Wildman–Crippen LogP) is 0.357. The molecule has 1 rings (SSSR count). The lowest BCUT2D eigenvalue weighted by atomic mass is 10.0. The Kier molecular flexibility index (Phi) is 4.91. The van der Waals surface area contributed by atoms with Crippen LogP contribution in [-0.2, 0) is 4.79 Å². The van der Waals surface area contributed by atoms with Crippen molar-refractivity contribution < 1.29 is 4.79 Å². The lowest BCUT2D eigenvalue weighted by Crippen LogP contribution is -2.30. The molecule has 0 spiro atoms. The highest BCUT2D eigenvalue weighted by atomic mass is 16.1. The van der Waals surface area contributed by atoms with E-state index >= 15 is 0 Å². The van der Waals surface area contributed by atoms with Gasteiger partial charge in [0, 0.05) is 6.42 Å². The number of nitrogens with two attached hydrogens (primary N) is 1. The number of aromatic nitrogens is 3. The molecule has 90 valence electrons. The number of nitrogens with one attached hydrogen (secondary N) is 2. The fourth-order valence-corrected chi connectivity index (χ4v) is 1.45. The molecule has 1 amide bonds. The number of hydrogen-bond acceptors (Lipinski definition) is 4. The average Bonchev–Trinajstić information content (AvgIpc) is 2.79. The third-order valence-corrected chi connectivity index (χ3v) is 2.61. The van der Waals surface area contributed by atoms with Gasteiger partial charge in [0.1, 0.15) is 12.2 Å². The number of nitrogens with zero attached hydrogens (tertiary/aromatic N) is 2. The van der Waals surface area contributed by atoms with Gasteiger partial charge in [-0.1, -0.05) is 13.3 Å². The minimum atomic E-state index is -0.148. The maximum atomic E-state index is 11.6. The Balaban J connectivity index is 2.39. The van der Waals surface area contributed by atoms with E-state index < -0.39 is 0 Å². The molecule has 0 saturated carbocycles. The third kappa shape index (κ3) is 3.62. The summed E-state index contributed by atoms with van der Waals surface area (Å²) < 4.78 is 0. The number of carbonyl (C=O) groups is 1. The Hall–Kier alpha value is -1.43.